The maximum Gasteiger partial charge on any atom is 0.181 e. The molecule has 2 heterocycles. The summed E-state index contributed by atoms with van der Waals surface area (Å²) in [5.74, 6) is 1.81. The summed E-state index contributed by atoms with van der Waals surface area (Å²) in [6.07, 6.45) is 10.5. The molecule has 3 rings (SSSR count). The molecule has 2 aromatic rings. The average molecular weight is 274 g/mol. The fourth-order valence-electron chi connectivity index (χ4n) is 2.91. The minimum Gasteiger partial charge on any atom is -0.339 e. The van der Waals surface area contributed by atoms with Crippen molar-refractivity contribution in [1.82, 2.24) is 19.9 Å². The first-order valence-corrected chi connectivity index (χ1v) is 8.05. The summed E-state index contributed by atoms with van der Waals surface area (Å²) in [4.78, 5) is 16.6. The summed E-state index contributed by atoms with van der Waals surface area (Å²) in [7, 11) is 0. The maximum absolute atomic E-state index is 4.48. The molecule has 1 aliphatic rings. The molecular weight excluding hydrogens is 248 g/mol. The van der Waals surface area contributed by atoms with Crippen molar-refractivity contribution in [2.45, 2.75) is 65.7 Å². The number of nitrogens with zero attached hydrogens (tertiary/aromatic N) is 3. The van der Waals surface area contributed by atoms with E-state index in [-0.39, 0.29) is 0 Å². The van der Waals surface area contributed by atoms with Crippen molar-refractivity contribution in [2.24, 2.45) is 5.92 Å². The zero-order valence-electron chi connectivity index (χ0n) is 12.9. The van der Waals surface area contributed by atoms with Gasteiger partial charge in [0.15, 0.2) is 5.65 Å². The molecule has 0 spiro atoms. The van der Waals surface area contributed by atoms with E-state index >= 15 is 0 Å². The van der Waals surface area contributed by atoms with E-state index in [0.717, 1.165) is 41.4 Å². The average Bonchev–Trinajstić information content (AvgIpc) is 2.95. The summed E-state index contributed by atoms with van der Waals surface area (Å²) >= 11 is 0. The number of aromatic nitrogens is 4. The van der Waals surface area contributed by atoms with Gasteiger partial charge in [0.2, 0.25) is 0 Å². The van der Waals surface area contributed by atoms with E-state index in [1.165, 1.54) is 32.1 Å². The highest BCUT2D eigenvalue weighted by Crippen LogP contribution is 2.27. The number of imidazole rings is 1. The summed E-state index contributed by atoms with van der Waals surface area (Å²) in [6, 6.07) is 0. The molecule has 0 atom stereocenters. The van der Waals surface area contributed by atoms with Gasteiger partial charge in [0, 0.05) is 6.42 Å². The van der Waals surface area contributed by atoms with Gasteiger partial charge in [-0.25, -0.2) is 15.0 Å². The molecular formula is C16H26N4. The van der Waals surface area contributed by atoms with E-state index in [4.69, 9.17) is 0 Å². The second-order valence-corrected chi connectivity index (χ2v) is 5.26. The van der Waals surface area contributed by atoms with Crippen LogP contribution in [0.25, 0.3) is 11.2 Å². The standard InChI is InChI=1S/C14H20N4.C2H6/c1-2-12-17-13-11(15-9-16-14(13)18-12)8-10-6-4-3-5-7-10;1-2/h9-10H,2-8H2,1H3,(H,15,16,17,18);1-2H3. The first kappa shape index (κ1) is 14.9. The Kier molecular flexibility index (Phi) is 5.50. The van der Waals surface area contributed by atoms with E-state index in [0.29, 0.717) is 0 Å². The zero-order chi connectivity index (χ0) is 14.4. The molecule has 1 fully saturated rings. The molecule has 20 heavy (non-hydrogen) atoms. The lowest BCUT2D eigenvalue weighted by Crippen LogP contribution is -2.10. The van der Waals surface area contributed by atoms with Gasteiger partial charge in [-0.2, -0.15) is 0 Å². The smallest absolute Gasteiger partial charge is 0.181 e. The van der Waals surface area contributed by atoms with Crippen LogP contribution in [0.5, 0.6) is 0 Å². The normalized spacial score (nSPS) is 15.9. The van der Waals surface area contributed by atoms with Crippen molar-refractivity contribution in [2.75, 3.05) is 0 Å². The Hall–Kier alpha value is -1.45. The SMILES string of the molecule is CC.CCc1nc2ncnc(CC3CCCCC3)c2[nH]1. The zero-order valence-corrected chi connectivity index (χ0v) is 12.9. The molecule has 1 aliphatic carbocycles. The van der Waals surface area contributed by atoms with Crippen molar-refractivity contribution in [1.29, 1.82) is 0 Å². The van der Waals surface area contributed by atoms with Crippen molar-refractivity contribution in [3.8, 4) is 0 Å². The number of aromatic amines is 1. The third-order valence-electron chi connectivity index (χ3n) is 3.96. The highest BCUT2D eigenvalue weighted by Gasteiger charge is 2.17. The molecule has 0 radical (unpaired) electrons. The molecule has 4 heteroatoms. The molecule has 0 bridgehead atoms. The molecule has 0 aromatic carbocycles. The number of hydrogen-bond acceptors (Lipinski definition) is 3. The third kappa shape index (κ3) is 3.35. The molecule has 0 amide bonds. The Bertz CT molecular complexity index is 526. The minimum absolute atomic E-state index is 0.797. The van der Waals surface area contributed by atoms with Crippen LogP contribution in [0.2, 0.25) is 0 Å². The van der Waals surface area contributed by atoms with Crippen molar-refractivity contribution >= 4 is 11.2 Å². The number of hydrogen-bond donors (Lipinski definition) is 1. The Morgan fingerprint density at radius 1 is 1.15 bits per heavy atom. The Balaban J connectivity index is 0.000000704. The van der Waals surface area contributed by atoms with Gasteiger partial charge in [0.1, 0.15) is 17.7 Å². The van der Waals surface area contributed by atoms with E-state index in [1.807, 2.05) is 13.8 Å². The van der Waals surface area contributed by atoms with Gasteiger partial charge >= 0.3 is 0 Å². The summed E-state index contributed by atoms with van der Waals surface area (Å²) in [5.41, 5.74) is 3.03. The highest BCUT2D eigenvalue weighted by molar-refractivity contribution is 5.72. The van der Waals surface area contributed by atoms with Crippen LogP contribution in [0, 0.1) is 5.92 Å². The molecule has 4 nitrogen and oxygen atoms in total. The minimum atomic E-state index is 0.797. The Morgan fingerprint density at radius 3 is 2.60 bits per heavy atom. The summed E-state index contributed by atoms with van der Waals surface area (Å²) < 4.78 is 0. The van der Waals surface area contributed by atoms with Gasteiger partial charge in [-0.3, -0.25) is 0 Å². The van der Waals surface area contributed by atoms with E-state index < -0.39 is 0 Å². The van der Waals surface area contributed by atoms with Crippen LogP contribution in [-0.2, 0) is 12.8 Å². The topological polar surface area (TPSA) is 54.5 Å². The summed E-state index contributed by atoms with van der Waals surface area (Å²) in [6.45, 7) is 6.10. The van der Waals surface area contributed by atoms with Crippen LogP contribution in [0.15, 0.2) is 6.33 Å². The quantitative estimate of drug-likeness (QED) is 0.918. The van der Waals surface area contributed by atoms with Crippen LogP contribution in [0.1, 0.15) is 64.4 Å². The lowest BCUT2D eigenvalue weighted by molar-refractivity contribution is 0.355. The third-order valence-corrected chi connectivity index (χ3v) is 3.96. The van der Waals surface area contributed by atoms with E-state index in [2.05, 4.69) is 26.9 Å². The van der Waals surface area contributed by atoms with Crippen LogP contribution >= 0.6 is 0 Å². The van der Waals surface area contributed by atoms with Gasteiger partial charge in [0.25, 0.3) is 0 Å². The highest BCUT2D eigenvalue weighted by atomic mass is 15.0. The second-order valence-electron chi connectivity index (χ2n) is 5.26. The monoisotopic (exact) mass is 274 g/mol. The van der Waals surface area contributed by atoms with Crippen LogP contribution in [0.4, 0.5) is 0 Å². The predicted octanol–water partition coefficient (Wildman–Crippen LogP) is 4.06. The molecule has 1 saturated carbocycles. The van der Waals surface area contributed by atoms with Gasteiger partial charge in [-0.1, -0.05) is 52.9 Å². The van der Waals surface area contributed by atoms with E-state index in [9.17, 15) is 0 Å². The van der Waals surface area contributed by atoms with Crippen molar-refractivity contribution in [3.63, 3.8) is 0 Å². The van der Waals surface area contributed by atoms with Crippen LogP contribution in [0.3, 0.4) is 0 Å². The second kappa shape index (κ2) is 7.36. The fraction of sp³-hybridized carbons (Fsp3) is 0.688. The fourth-order valence-corrected chi connectivity index (χ4v) is 2.91. The first-order chi connectivity index (χ1) is 9.86. The number of fused-ring (bicyclic) bond motifs is 1. The molecule has 110 valence electrons. The lowest BCUT2D eigenvalue weighted by Gasteiger charge is -2.20. The molecule has 0 saturated heterocycles. The van der Waals surface area contributed by atoms with Gasteiger partial charge < -0.3 is 4.98 Å². The number of nitrogens with one attached hydrogen (secondary N) is 1. The van der Waals surface area contributed by atoms with Gasteiger partial charge in [-0.05, 0) is 12.3 Å². The molecule has 1 N–H and O–H groups in total. The van der Waals surface area contributed by atoms with E-state index in [1.54, 1.807) is 6.33 Å². The predicted molar refractivity (Wildman–Crippen MR) is 82.7 cm³/mol. The van der Waals surface area contributed by atoms with Crippen molar-refractivity contribution in [3.05, 3.63) is 17.8 Å². The van der Waals surface area contributed by atoms with Crippen molar-refractivity contribution < 1.29 is 0 Å². The number of H-pyrrole nitrogens is 1. The van der Waals surface area contributed by atoms with Crippen LogP contribution < -0.4 is 0 Å². The lowest BCUT2D eigenvalue weighted by atomic mass is 9.86. The Labute approximate surface area is 121 Å². The van der Waals surface area contributed by atoms with Gasteiger partial charge in [-0.15, -0.1) is 0 Å². The first-order valence-electron chi connectivity index (χ1n) is 8.05. The Morgan fingerprint density at radius 2 is 1.90 bits per heavy atom. The van der Waals surface area contributed by atoms with Gasteiger partial charge in [0.05, 0.1) is 5.69 Å². The maximum atomic E-state index is 4.48. The molecule has 0 aliphatic heterocycles. The largest absolute Gasteiger partial charge is 0.339 e. The summed E-state index contributed by atoms with van der Waals surface area (Å²) in [5, 5.41) is 0. The van der Waals surface area contributed by atoms with Crippen LogP contribution in [-0.4, -0.2) is 19.9 Å². The number of rotatable bonds is 3. The molecule has 0 unspecified atom stereocenters. The molecule has 2 aromatic heterocycles. The number of aryl methyl sites for hydroxylation is 1.